The van der Waals surface area contributed by atoms with Gasteiger partial charge < -0.3 is 9.84 Å². The Kier molecular flexibility index (Phi) is 8.00. The van der Waals surface area contributed by atoms with Crippen LogP contribution < -0.4 is 4.74 Å². The zero-order chi connectivity index (χ0) is 23.3. The minimum atomic E-state index is -3.82. The van der Waals surface area contributed by atoms with Gasteiger partial charge in [-0.25, -0.2) is 18.4 Å². The first kappa shape index (κ1) is 24.3. The summed E-state index contributed by atoms with van der Waals surface area (Å²) in [5, 5.41) is 9.74. The van der Waals surface area contributed by atoms with Crippen molar-refractivity contribution in [3.63, 3.8) is 0 Å². The molecule has 0 saturated heterocycles. The SMILES string of the molecule is C/C=C/c1ccc2c(c1)O[C@H](CN(C)Cc1cncnc1)[C@@H](C)CN([C@@H](C)CO)S2(=O)=O. The first-order valence-corrected chi connectivity index (χ1v) is 12.2. The molecule has 0 radical (unpaired) electrons. The number of aliphatic hydroxyl groups excluding tert-OH is 1. The molecule has 1 aromatic carbocycles. The summed E-state index contributed by atoms with van der Waals surface area (Å²) in [5.74, 6) is 0.232. The molecule has 3 atom stereocenters. The first-order valence-electron chi connectivity index (χ1n) is 10.7. The van der Waals surface area contributed by atoms with Crippen LogP contribution in [-0.4, -0.2) is 71.6 Å². The third kappa shape index (κ3) is 5.53. The summed E-state index contributed by atoms with van der Waals surface area (Å²) in [6.45, 7) is 6.85. The van der Waals surface area contributed by atoms with Gasteiger partial charge in [0, 0.05) is 49.6 Å². The van der Waals surface area contributed by atoms with Gasteiger partial charge in [-0.2, -0.15) is 4.31 Å². The number of ether oxygens (including phenoxy) is 1. The lowest BCUT2D eigenvalue weighted by Crippen LogP contribution is -2.49. The highest BCUT2D eigenvalue weighted by Gasteiger charge is 2.38. The molecule has 1 aliphatic rings. The monoisotopic (exact) mass is 460 g/mol. The van der Waals surface area contributed by atoms with E-state index in [1.165, 1.54) is 10.6 Å². The average molecular weight is 461 g/mol. The fraction of sp³-hybridized carbons (Fsp3) is 0.478. The van der Waals surface area contributed by atoms with Gasteiger partial charge >= 0.3 is 0 Å². The summed E-state index contributed by atoms with van der Waals surface area (Å²) < 4.78 is 34.7. The number of fused-ring (bicyclic) bond motifs is 1. The smallest absolute Gasteiger partial charge is 0.247 e. The molecular formula is C23H32N4O4S. The molecule has 0 aliphatic carbocycles. The van der Waals surface area contributed by atoms with Crippen molar-refractivity contribution in [1.29, 1.82) is 0 Å². The topological polar surface area (TPSA) is 95.9 Å². The van der Waals surface area contributed by atoms with E-state index < -0.39 is 16.1 Å². The average Bonchev–Trinajstić information content (AvgIpc) is 2.76. The molecule has 1 N–H and O–H groups in total. The van der Waals surface area contributed by atoms with E-state index in [0.717, 1.165) is 11.1 Å². The second-order valence-corrected chi connectivity index (χ2v) is 10.2. The zero-order valence-electron chi connectivity index (χ0n) is 19.0. The first-order chi connectivity index (χ1) is 15.3. The van der Waals surface area contributed by atoms with Crippen LogP contribution in [0.4, 0.5) is 0 Å². The molecule has 8 nitrogen and oxygen atoms in total. The van der Waals surface area contributed by atoms with Gasteiger partial charge in [-0.3, -0.25) is 4.90 Å². The second-order valence-electron chi connectivity index (χ2n) is 8.39. The molecule has 0 fully saturated rings. The normalized spacial score (nSPS) is 22.2. The second kappa shape index (κ2) is 10.5. The van der Waals surface area contributed by atoms with Crippen LogP contribution in [0.1, 0.15) is 31.9 Å². The van der Waals surface area contributed by atoms with Crippen molar-refractivity contribution < 1.29 is 18.3 Å². The minimum absolute atomic E-state index is 0.105. The Bertz CT molecular complexity index is 1030. The maximum Gasteiger partial charge on any atom is 0.247 e. The molecular weight excluding hydrogens is 428 g/mol. The van der Waals surface area contributed by atoms with E-state index in [4.69, 9.17) is 4.74 Å². The summed E-state index contributed by atoms with van der Waals surface area (Å²) in [5.41, 5.74) is 1.85. The van der Waals surface area contributed by atoms with Crippen molar-refractivity contribution in [1.82, 2.24) is 19.2 Å². The third-order valence-corrected chi connectivity index (χ3v) is 7.63. The van der Waals surface area contributed by atoms with E-state index in [1.807, 2.05) is 33.0 Å². The maximum atomic E-state index is 13.5. The van der Waals surface area contributed by atoms with Crippen molar-refractivity contribution >= 4 is 16.1 Å². The van der Waals surface area contributed by atoms with Gasteiger partial charge in [-0.05, 0) is 38.6 Å². The van der Waals surface area contributed by atoms with E-state index in [1.54, 1.807) is 37.5 Å². The molecule has 3 rings (SSSR count). The van der Waals surface area contributed by atoms with Gasteiger partial charge in [0.25, 0.3) is 0 Å². The Hall–Kier alpha value is -2.33. The number of hydrogen-bond acceptors (Lipinski definition) is 7. The summed E-state index contributed by atoms with van der Waals surface area (Å²) in [4.78, 5) is 10.4. The quantitative estimate of drug-likeness (QED) is 0.678. The molecule has 9 heteroatoms. The number of aromatic nitrogens is 2. The molecule has 32 heavy (non-hydrogen) atoms. The van der Waals surface area contributed by atoms with Crippen LogP contribution >= 0.6 is 0 Å². The van der Waals surface area contributed by atoms with Gasteiger partial charge in [0.15, 0.2) is 0 Å². The van der Waals surface area contributed by atoms with Crippen LogP contribution in [0.15, 0.2) is 47.9 Å². The molecule has 2 heterocycles. The van der Waals surface area contributed by atoms with Gasteiger partial charge in [0.2, 0.25) is 10.0 Å². The highest BCUT2D eigenvalue weighted by Crippen LogP contribution is 2.34. The van der Waals surface area contributed by atoms with Gasteiger partial charge in [-0.1, -0.05) is 25.1 Å². The van der Waals surface area contributed by atoms with Crippen molar-refractivity contribution in [2.45, 2.75) is 44.4 Å². The number of aliphatic hydroxyl groups is 1. The van der Waals surface area contributed by atoms with Crippen molar-refractivity contribution in [2.75, 3.05) is 26.7 Å². The van der Waals surface area contributed by atoms with Crippen LogP contribution in [0.25, 0.3) is 6.08 Å². The van der Waals surface area contributed by atoms with Crippen molar-refractivity contribution in [3.05, 3.63) is 54.1 Å². The molecule has 0 unspecified atom stereocenters. The van der Waals surface area contributed by atoms with Crippen LogP contribution in [0.3, 0.4) is 0 Å². The predicted molar refractivity (Wildman–Crippen MR) is 124 cm³/mol. The molecule has 174 valence electrons. The van der Waals surface area contributed by atoms with Crippen molar-refractivity contribution in [2.24, 2.45) is 5.92 Å². The Morgan fingerprint density at radius 2 is 2.06 bits per heavy atom. The minimum Gasteiger partial charge on any atom is -0.487 e. The van der Waals surface area contributed by atoms with Crippen LogP contribution in [0.2, 0.25) is 0 Å². The Morgan fingerprint density at radius 3 is 2.72 bits per heavy atom. The largest absolute Gasteiger partial charge is 0.487 e. The molecule has 0 bridgehead atoms. The van der Waals surface area contributed by atoms with Crippen LogP contribution in [0, 0.1) is 5.92 Å². The number of rotatable bonds is 7. The van der Waals surface area contributed by atoms with Crippen LogP contribution in [0.5, 0.6) is 5.75 Å². The lowest BCUT2D eigenvalue weighted by atomic mass is 10.0. The van der Waals surface area contributed by atoms with E-state index >= 15 is 0 Å². The lowest BCUT2D eigenvalue weighted by molar-refractivity contribution is 0.0733. The van der Waals surface area contributed by atoms with E-state index in [-0.39, 0.29) is 30.1 Å². The summed E-state index contributed by atoms with van der Waals surface area (Å²) in [7, 11) is -1.83. The zero-order valence-corrected chi connectivity index (χ0v) is 19.9. The summed E-state index contributed by atoms with van der Waals surface area (Å²) >= 11 is 0. The highest BCUT2D eigenvalue weighted by atomic mass is 32.2. The fourth-order valence-electron chi connectivity index (χ4n) is 3.85. The Labute approximate surface area is 190 Å². The standard InChI is InChI=1S/C23H32N4O4S/c1-5-6-19-7-8-23-21(9-19)31-22(14-26(4)13-20-10-24-16-25-11-20)17(2)12-27(18(3)15-28)32(23,29)30/h5-11,16-18,22,28H,12-15H2,1-4H3/b6-5+/t17-,18-,22+/m0/s1. The number of hydrogen-bond donors (Lipinski definition) is 1. The molecule has 2 aromatic rings. The third-order valence-electron chi connectivity index (χ3n) is 5.61. The Morgan fingerprint density at radius 1 is 1.34 bits per heavy atom. The van der Waals surface area contributed by atoms with E-state index in [0.29, 0.717) is 18.8 Å². The number of benzene rings is 1. The number of nitrogens with zero attached hydrogens (tertiary/aromatic N) is 4. The number of allylic oxidation sites excluding steroid dienone is 1. The van der Waals surface area contributed by atoms with E-state index in [9.17, 15) is 13.5 Å². The summed E-state index contributed by atoms with van der Waals surface area (Å²) in [6, 6.07) is 4.59. The lowest BCUT2D eigenvalue weighted by Gasteiger charge is -2.37. The van der Waals surface area contributed by atoms with Gasteiger partial charge in [0.05, 0.1) is 6.61 Å². The molecule has 0 saturated carbocycles. The fourth-order valence-corrected chi connectivity index (χ4v) is 5.68. The van der Waals surface area contributed by atoms with Gasteiger partial charge in [-0.15, -0.1) is 0 Å². The Balaban J connectivity index is 1.97. The van der Waals surface area contributed by atoms with Crippen LogP contribution in [-0.2, 0) is 16.6 Å². The predicted octanol–water partition coefficient (Wildman–Crippen LogP) is 2.41. The maximum absolute atomic E-state index is 13.5. The molecule has 0 amide bonds. The highest BCUT2D eigenvalue weighted by molar-refractivity contribution is 7.89. The number of sulfonamides is 1. The van der Waals surface area contributed by atoms with Crippen molar-refractivity contribution in [3.8, 4) is 5.75 Å². The molecule has 1 aliphatic heterocycles. The van der Waals surface area contributed by atoms with Gasteiger partial charge in [0.1, 0.15) is 23.1 Å². The van der Waals surface area contributed by atoms with E-state index in [2.05, 4.69) is 14.9 Å². The summed E-state index contributed by atoms with van der Waals surface area (Å²) in [6.07, 6.45) is 8.61. The molecule has 0 spiro atoms. The molecule has 1 aromatic heterocycles. The number of likely N-dealkylation sites (N-methyl/N-ethyl adjacent to an activating group) is 1.